The van der Waals surface area contributed by atoms with Gasteiger partial charge in [-0.3, -0.25) is 0 Å². The summed E-state index contributed by atoms with van der Waals surface area (Å²) in [7, 11) is 1.62. The molecule has 1 saturated heterocycles. The molecule has 0 spiro atoms. The third-order valence-electron chi connectivity index (χ3n) is 4.95. The Labute approximate surface area is 169 Å². The van der Waals surface area contributed by atoms with Crippen LogP contribution in [-0.4, -0.2) is 31.3 Å². The molecule has 0 bridgehead atoms. The van der Waals surface area contributed by atoms with Gasteiger partial charge in [0, 0.05) is 24.8 Å². The highest BCUT2D eigenvalue weighted by atomic mass is 19.1. The van der Waals surface area contributed by atoms with Gasteiger partial charge in [-0.05, 0) is 55.0 Å². The van der Waals surface area contributed by atoms with Gasteiger partial charge in [0.25, 0.3) is 5.88 Å². The molecule has 150 valence electrons. The van der Waals surface area contributed by atoms with Crippen LogP contribution in [-0.2, 0) is 0 Å². The Morgan fingerprint density at radius 2 is 1.90 bits per heavy atom. The molecular weight excluding hydrogens is 371 g/mol. The van der Waals surface area contributed by atoms with Crippen LogP contribution in [0.5, 0.6) is 23.1 Å². The van der Waals surface area contributed by atoms with Crippen LogP contribution >= 0.6 is 0 Å². The van der Waals surface area contributed by atoms with E-state index in [9.17, 15) is 4.39 Å². The largest absolute Gasteiger partial charge is 0.493 e. The van der Waals surface area contributed by atoms with Gasteiger partial charge in [-0.25, -0.2) is 9.37 Å². The highest BCUT2D eigenvalue weighted by molar-refractivity contribution is 5.57. The number of benzene rings is 2. The molecule has 6 heteroatoms. The third kappa shape index (κ3) is 4.26. The van der Waals surface area contributed by atoms with Crippen molar-refractivity contribution in [3.8, 4) is 23.1 Å². The number of halogens is 1. The normalized spacial score (nSPS) is 16.0. The maximum atomic E-state index is 13.8. The minimum atomic E-state index is -0.431. The standard InChI is InChI=1S/C23H23FN2O3/c1-16-14-17(28-22-8-4-3-7-21(22)27-2)9-10-20(16)26-13-11-18(15-26)29-23-19(24)6-5-12-25-23/h3-10,12,14,18H,11,13,15H2,1-2H3. The van der Waals surface area contributed by atoms with Gasteiger partial charge in [0.05, 0.1) is 13.7 Å². The fraction of sp³-hybridized carbons (Fsp3) is 0.261. The lowest BCUT2D eigenvalue weighted by molar-refractivity contribution is 0.205. The first-order valence-electron chi connectivity index (χ1n) is 9.57. The highest BCUT2D eigenvalue weighted by Gasteiger charge is 2.26. The molecule has 5 nitrogen and oxygen atoms in total. The number of ether oxygens (including phenoxy) is 3. The molecule has 1 unspecified atom stereocenters. The van der Waals surface area contributed by atoms with Gasteiger partial charge in [0.15, 0.2) is 17.3 Å². The van der Waals surface area contributed by atoms with E-state index in [1.807, 2.05) is 42.5 Å². The number of aryl methyl sites for hydroxylation is 1. The van der Waals surface area contributed by atoms with Crippen molar-refractivity contribution in [3.05, 3.63) is 72.2 Å². The Bertz CT molecular complexity index is 995. The first kappa shape index (κ1) is 19.1. The Balaban J connectivity index is 1.44. The molecular formula is C23H23FN2O3. The van der Waals surface area contributed by atoms with Crippen LogP contribution in [0, 0.1) is 12.7 Å². The van der Waals surface area contributed by atoms with Crippen LogP contribution in [0.3, 0.4) is 0 Å². The number of aromatic nitrogens is 1. The number of anilines is 1. The summed E-state index contributed by atoms with van der Waals surface area (Å²) in [4.78, 5) is 6.22. The number of hydrogen-bond donors (Lipinski definition) is 0. The number of nitrogens with zero attached hydrogens (tertiary/aromatic N) is 2. The summed E-state index contributed by atoms with van der Waals surface area (Å²) in [5.41, 5.74) is 2.21. The predicted molar refractivity (Wildman–Crippen MR) is 110 cm³/mol. The Kier molecular flexibility index (Phi) is 5.51. The number of para-hydroxylation sites is 2. The van der Waals surface area contributed by atoms with Crippen molar-refractivity contribution in [3.63, 3.8) is 0 Å². The van der Waals surface area contributed by atoms with Gasteiger partial charge >= 0.3 is 0 Å². The second kappa shape index (κ2) is 8.39. The molecule has 1 atom stereocenters. The van der Waals surface area contributed by atoms with Gasteiger partial charge in [-0.1, -0.05) is 12.1 Å². The van der Waals surface area contributed by atoms with Crippen molar-refractivity contribution in [2.75, 3.05) is 25.1 Å². The van der Waals surface area contributed by atoms with Crippen molar-refractivity contribution >= 4 is 5.69 Å². The van der Waals surface area contributed by atoms with Gasteiger partial charge in [-0.2, -0.15) is 0 Å². The number of rotatable bonds is 6. The molecule has 29 heavy (non-hydrogen) atoms. The summed E-state index contributed by atoms with van der Waals surface area (Å²) in [6.07, 6.45) is 2.26. The van der Waals surface area contributed by atoms with Gasteiger partial charge in [0.2, 0.25) is 0 Å². The third-order valence-corrected chi connectivity index (χ3v) is 4.95. The predicted octanol–water partition coefficient (Wildman–Crippen LogP) is 4.99. The van der Waals surface area contributed by atoms with Crippen LogP contribution in [0.15, 0.2) is 60.8 Å². The number of hydrogen-bond acceptors (Lipinski definition) is 5. The SMILES string of the molecule is COc1ccccc1Oc1ccc(N2CCC(Oc3ncccc3F)C2)c(C)c1. The first-order valence-corrected chi connectivity index (χ1v) is 9.57. The Morgan fingerprint density at radius 3 is 2.66 bits per heavy atom. The molecule has 0 saturated carbocycles. The molecule has 0 aliphatic carbocycles. The average Bonchev–Trinajstić information content (AvgIpc) is 3.18. The average molecular weight is 394 g/mol. The van der Waals surface area contributed by atoms with E-state index in [4.69, 9.17) is 14.2 Å². The van der Waals surface area contributed by atoms with Crippen molar-refractivity contribution in [1.82, 2.24) is 4.98 Å². The van der Waals surface area contributed by atoms with E-state index in [2.05, 4.69) is 16.8 Å². The van der Waals surface area contributed by atoms with E-state index in [-0.39, 0.29) is 12.0 Å². The minimum Gasteiger partial charge on any atom is -0.493 e. The summed E-state index contributed by atoms with van der Waals surface area (Å²) in [5.74, 6) is 1.75. The van der Waals surface area contributed by atoms with Crippen LogP contribution in [0.1, 0.15) is 12.0 Å². The molecule has 0 amide bonds. The zero-order valence-corrected chi connectivity index (χ0v) is 16.5. The molecule has 3 aromatic rings. The summed E-state index contributed by atoms with van der Waals surface area (Å²) >= 11 is 0. The molecule has 2 aromatic carbocycles. The molecule has 1 aliphatic rings. The molecule has 2 heterocycles. The lowest BCUT2D eigenvalue weighted by Gasteiger charge is -2.22. The smallest absolute Gasteiger partial charge is 0.250 e. The monoisotopic (exact) mass is 394 g/mol. The summed E-state index contributed by atoms with van der Waals surface area (Å²) in [6, 6.07) is 16.5. The number of methoxy groups -OCH3 is 1. The molecule has 0 radical (unpaired) electrons. The lowest BCUT2D eigenvalue weighted by atomic mass is 10.1. The van der Waals surface area contributed by atoms with E-state index in [0.717, 1.165) is 30.0 Å². The van der Waals surface area contributed by atoms with Gasteiger partial charge in [0.1, 0.15) is 11.9 Å². The maximum Gasteiger partial charge on any atom is 0.250 e. The maximum absolute atomic E-state index is 13.8. The summed E-state index contributed by atoms with van der Waals surface area (Å²) < 4.78 is 30.9. The minimum absolute atomic E-state index is 0.0663. The fourth-order valence-electron chi connectivity index (χ4n) is 3.54. The van der Waals surface area contributed by atoms with E-state index in [1.165, 1.54) is 12.3 Å². The van der Waals surface area contributed by atoms with E-state index in [1.54, 1.807) is 13.2 Å². The van der Waals surface area contributed by atoms with Crippen LogP contribution < -0.4 is 19.1 Å². The summed E-state index contributed by atoms with van der Waals surface area (Å²) in [6.45, 7) is 3.58. The Morgan fingerprint density at radius 1 is 1.07 bits per heavy atom. The van der Waals surface area contributed by atoms with Crippen LogP contribution in [0.2, 0.25) is 0 Å². The quantitative estimate of drug-likeness (QED) is 0.589. The zero-order valence-electron chi connectivity index (χ0n) is 16.5. The molecule has 1 fully saturated rings. The molecule has 1 aliphatic heterocycles. The van der Waals surface area contributed by atoms with Crippen molar-refractivity contribution in [1.29, 1.82) is 0 Å². The highest BCUT2D eigenvalue weighted by Crippen LogP contribution is 2.34. The zero-order chi connectivity index (χ0) is 20.2. The van der Waals surface area contributed by atoms with Crippen molar-refractivity contribution < 1.29 is 18.6 Å². The van der Waals surface area contributed by atoms with E-state index < -0.39 is 5.82 Å². The lowest BCUT2D eigenvalue weighted by Crippen LogP contribution is -2.25. The summed E-state index contributed by atoms with van der Waals surface area (Å²) in [5, 5.41) is 0. The van der Waals surface area contributed by atoms with E-state index >= 15 is 0 Å². The number of pyridine rings is 1. The molecule has 4 rings (SSSR count). The Hall–Kier alpha value is -3.28. The molecule has 1 aromatic heterocycles. The second-order valence-corrected chi connectivity index (χ2v) is 6.97. The first-order chi connectivity index (χ1) is 14.1. The topological polar surface area (TPSA) is 43.8 Å². The second-order valence-electron chi connectivity index (χ2n) is 6.97. The van der Waals surface area contributed by atoms with Crippen LogP contribution in [0.4, 0.5) is 10.1 Å². The van der Waals surface area contributed by atoms with E-state index in [0.29, 0.717) is 18.0 Å². The fourth-order valence-corrected chi connectivity index (χ4v) is 3.54. The molecule has 0 N–H and O–H groups in total. The van der Waals surface area contributed by atoms with Crippen LogP contribution in [0.25, 0.3) is 0 Å². The van der Waals surface area contributed by atoms with Crippen molar-refractivity contribution in [2.45, 2.75) is 19.4 Å². The van der Waals surface area contributed by atoms with Gasteiger partial charge < -0.3 is 19.1 Å². The van der Waals surface area contributed by atoms with Gasteiger partial charge in [-0.15, -0.1) is 0 Å². The van der Waals surface area contributed by atoms with Crippen molar-refractivity contribution in [2.24, 2.45) is 0 Å².